The molecule has 0 bridgehead atoms. The highest BCUT2D eigenvalue weighted by atomic mass is 32.2. The molecule has 136 heavy (non-hydrogen) atoms. The maximum absolute atomic E-state index is 12.6. The van der Waals surface area contributed by atoms with Crippen LogP contribution in [0, 0.1) is 35.0 Å². The molecule has 5 aromatic rings. The molecule has 5 aromatic carbocycles. The summed E-state index contributed by atoms with van der Waals surface area (Å²) in [4.78, 5) is 181. The van der Waals surface area contributed by atoms with Gasteiger partial charge in [0.05, 0.1) is 78.0 Å². The molecular formula is C95H131F9N10O20S2. The Kier molecular flexibility index (Phi) is 52.7. The van der Waals surface area contributed by atoms with Gasteiger partial charge in [-0.3, -0.25) is 47.9 Å². The van der Waals surface area contributed by atoms with Gasteiger partial charge in [-0.1, -0.05) is 69.2 Å². The van der Waals surface area contributed by atoms with E-state index in [1.54, 1.807) is 77.2 Å². The number of ketones is 5. The smallest absolute Gasteiger partial charge is 0.416 e. The summed E-state index contributed by atoms with van der Waals surface area (Å²) in [7, 11) is 0. The number of halogens is 9. The standard InChI is InChI=1S/C21H29F3N2O4.C21H32N2O4S.C19H25F3N2O4.C17H21F3N2O4.C17H24N2O4S/c1-13(2)12-16(17(27)10-11-18(28)30-20(3,4)5)26-19(29)25-15-8-6-14(7-9-15)21(22,23)24;1-14(2)13-17(18(24)11-12-19(25)27-21(3,4)5)23-20(26)22-15-7-9-16(28-6)10-8-15;1-11(2)9-14(15(25)10-18(3,4)16(26)27)24-17(28)23-13-7-5-12(6-8-13)19(20,21)22;1-10(2)9-13(14(23)7-8-15(24)25)22-16(26)21-12-5-3-11(4-6-12)17(18,19)20;1-11(2)10-14(15(20)8-9-16(21)22)19-17(23)18-12-4-6-13(24-3)7-5-12/h6-9,13,16H,10-12H2,1-5H3,(H2,25,26,29);7-10,14,17H,11-13H2,1-6H3,(H2,22,23,26);5-8,11,14H,9-10H2,1-4H3,(H,26,27)(H2,23,24,28);3-6,10,13H,7-9H2,1-2H3,(H,24,25)(H2,21,22,26);4-7,11,14H,8-10H2,1-3H3,(H,21,22)(H2,18,19,23)/t16-;17-;14-;13-;14-/m00000/s1. The number of ether oxygens (including phenoxy) is 2. The number of Topliss-reactive ketones (excluding diaryl/α,β-unsaturated/α-hetero) is 5. The fourth-order valence-electron chi connectivity index (χ4n) is 11.9. The van der Waals surface area contributed by atoms with Crippen molar-refractivity contribution in [3.8, 4) is 0 Å². The lowest BCUT2D eigenvalue weighted by Crippen LogP contribution is -2.45. The Bertz CT molecular complexity index is 4700. The van der Waals surface area contributed by atoms with Crippen molar-refractivity contribution in [1.29, 1.82) is 0 Å². The molecule has 10 amide bonds. The number of aliphatic carboxylic acids is 3. The van der Waals surface area contributed by atoms with Gasteiger partial charge in [0, 0.05) is 70.3 Å². The largest absolute Gasteiger partial charge is 0.481 e. The minimum absolute atomic E-state index is 0.00411. The first-order chi connectivity index (χ1) is 62.7. The predicted octanol–water partition coefficient (Wildman–Crippen LogP) is 20.9. The summed E-state index contributed by atoms with van der Waals surface area (Å²) in [6.45, 7) is 32.3. The molecule has 0 aliphatic heterocycles. The molecule has 5 rings (SSSR count). The van der Waals surface area contributed by atoms with Crippen LogP contribution in [-0.4, -0.2) is 158 Å². The van der Waals surface area contributed by atoms with Crippen LogP contribution in [0.1, 0.15) is 231 Å². The molecule has 0 spiro atoms. The number of rotatable bonds is 42. The summed E-state index contributed by atoms with van der Waals surface area (Å²) in [6.07, 6.45) is -8.81. The third kappa shape index (κ3) is 54.7. The van der Waals surface area contributed by atoms with Gasteiger partial charge in [-0.25, -0.2) is 24.0 Å². The van der Waals surface area contributed by atoms with Gasteiger partial charge in [0.1, 0.15) is 11.2 Å². The van der Waals surface area contributed by atoms with Gasteiger partial charge in [0.15, 0.2) is 28.9 Å². The van der Waals surface area contributed by atoms with Crippen molar-refractivity contribution < 1.29 is 136 Å². The Morgan fingerprint density at radius 3 is 0.654 bits per heavy atom. The molecule has 30 nitrogen and oxygen atoms in total. The summed E-state index contributed by atoms with van der Waals surface area (Å²) in [5.41, 5.74) is -3.33. The molecule has 0 aliphatic rings. The Hall–Kier alpha value is -11.8. The fourth-order valence-corrected chi connectivity index (χ4v) is 12.8. The SMILES string of the molecule is CC(C)C[C@H](NC(=O)Nc1ccc(C(F)(F)F)cc1)C(=O)CC(C)(C)C(=O)O.CC(C)C[C@H](NC(=O)Nc1ccc(C(F)(F)F)cc1)C(=O)CCC(=O)O.CC(C)C[C@H](NC(=O)Nc1ccc(C(F)(F)F)cc1)C(=O)CCC(=O)OC(C)(C)C.CSc1ccc(NC(=O)N[C@@H](CC(C)C)C(=O)CCC(=O)O)cc1.CSc1ccc(NC(=O)N[C@@H](CC(C)C)C(=O)CCC(=O)OC(C)(C)C)cc1. The molecule has 0 fully saturated rings. The van der Waals surface area contributed by atoms with E-state index in [0.717, 1.165) is 82.6 Å². The lowest BCUT2D eigenvalue weighted by Gasteiger charge is -2.24. The lowest BCUT2D eigenvalue weighted by atomic mass is 9.84. The number of carboxylic acids is 3. The van der Waals surface area contributed by atoms with Gasteiger partial charge in [-0.05, 0) is 251 Å². The second-order valence-corrected chi connectivity index (χ2v) is 38.0. The zero-order valence-electron chi connectivity index (χ0n) is 80.2. The summed E-state index contributed by atoms with van der Waals surface area (Å²) < 4.78 is 124. The average molecular weight is 1970 g/mol. The Balaban J connectivity index is 0.000000851. The minimum atomic E-state index is -4.48. The molecule has 0 saturated heterocycles. The Morgan fingerprint density at radius 2 is 0.485 bits per heavy atom. The van der Waals surface area contributed by atoms with E-state index in [1.165, 1.54) is 13.8 Å². The number of nitrogens with one attached hydrogen (secondary N) is 10. The van der Waals surface area contributed by atoms with Crippen molar-refractivity contribution in [3.05, 3.63) is 138 Å². The predicted molar refractivity (Wildman–Crippen MR) is 503 cm³/mol. The first-order valence-electron chi connectivity index (χ1n) is 43.6. The van der Waals surface area contributed by atoms with Crippen LogP contribution in [0.2, 0.25) is 0 Å². The summed E-state index contributed by atoms with van der Waals surface area (Å²) >= 11 is 3.22. The first-order valence-corrected chi connectivity index (χ1v) is 46.1. The first kappa shape index (κ1) is 122. The summed E-state index contributed by atoms with van der Waals surface area (Å²) in [6, 6.07) is 19.5. The quantitative estimate of drug-likeness (QED) is 0.00980. The molecule has 5 atom stereocenters. The van der Waals surface area contributed by atoms with Gasteiger partial charge in [0.2, 0.25) is 0 Å². The summed E-state index contributed by atoms with van der Waals surface area (Å²) in [5.74, 6) is -5.16. The van der Waals surface area contributed by atoms with Crippen LogP contribution in [0.3, 0.4) is 0 Å². The number of carboxylic acid groups (broad SMARTS) is 3. The van der Waals surface area contributed by atoms with E-state index in [-0.39, 0.29) is 122 Å². The van der Waals surface area contributed by atoms with Gasteiger partial charge in [0.25, 0.3) is 0 Å². The molecular weight excluding hydrogens is 1840 g/mol. The highest BCUT2D eigenvalue weighted by Gasteiger charge is 2.37. The topological polar surface area (TPSA) is 455 Å². The van der Waals surface area contributed by atoms with E-state index in [2.05, 4.69) is 53.2 Å². The van der Waals surface area contributed by atoms with E-state index in [9.17, 15) is 117 Å². The zero-order chi connectivity index (χ0) is 104. The average Bonchev–Trinajstić information content (AvgIpc) is 0.824. The van der Waals surface area contributed by atoms with Crippen molar-refractivity contribution in [2.75, 3.05) is 39.1 Å². The van der Waals surface area contributed by atoms with E-state index in [1.807, 2.05) is 118 Å². The van der Waals surface area contributed by atoms with E-state index in [0.29, 0.717) is 43.5 Å². The molecule has 41 heteroatoms. The van der Waals surface area contributed by atoms with Crippen LogP contribution in [0.4, 0.5) is 91.9 Å². The van der Waals surface area contributed by atoms with Crippen molar-refractivity contribution in [1.82, 2.24) is 26.6 Å². The number of hydrogen-bond acceptors (Lipinski definition) is 19. The third-order valence-electron chi connectivity index (χ3n) is 18.5. The number of benzene rings is 5. The zero-order valence-corrected chi connectivity index (χ0v) is 81.9. The third-order valence-corrected chi connectivity index (χ3v) is 20.0. The van der Waals surface area contributed by atoms with Crippen molar-refractivity contribution in [3.63, 3.8) is 0 Å². The number of anilines is 5. The van der Waals surface area contributed by atoms with E-state index in [4.69, 9.17) is 19.7 Å². The molecule has 0 unspecified atom stereocenters. The van der Waals surface area contributed by atoms with Gasteiger partial charge in [-0.2, -0.15) is 39.5 Å². The minimum Gasteiger partial charge on any atom is -0.481 e. The highest BCUT2D eigenvalue weighted by Crippen LogP contribution is 2.34. The van der Waals surface area contributed by atoms with Crippen LogP contribution in [0.5, 0.6) is 0 Å². The second kappa shape index (κ2) is 58.6. The van der Waals surface area contributed by atoms with Crippen molar-refractivity contribution in [2.24, 2.45) is 35.0 Å². The Labute approximate surface area is 796 Å². The molecule has 0 saturated carbocycles. The van der Waals surface area contributed by atoms with Crippen LogP contribution in [0.25, 0.3) is 0 Å². The maximum Gasteiger partial charge on any atom is 0.416 e. The number of alkyl halides is 9. The van der Waals surface area contributed by atoms with E-state index >= 15 is 0 Å². The van der Waals surface area contributed by atoms with Gasteiger partial charge < -0.3 is 78.0 Å². The number of thioether (sulfide) groups is 2. The maximum atomic E-state index is 12.6. The molecule has 0 aliphatic carbocycles. The number of urea groups is 5. The number of carbonyl (C=O) groups is 15. The van der Waals surface area contributed by atoms with Crippen molar-refractivity contribution >= 4 is 141 Å². The second-order valence-electron chi connectivity index (χ2n) is 36.2. The monoisotopic (exact) mass is 1970 g/mol. The van der Waals surface area contributed by atoms with E-state index < -0.39 is 154 Å². The normalized spacial score (nSPS) is 12.6. The van der Waals surface area contributed by atoms with Crippen LogP contribution < -0.4 is 53.2 Å². The lowest BCUT2D eigenvalue weighted by molar-refractivity contribution is -0.156. The molecule has 0 aromatic heterocycles. The van der Waals surface area contributed by atoms with Crippen LogP contribution in [-0.2, 0) is 75.9 Å². The Morgan fingerprint density at radius 1 is 0.294 bits per heavy atom. The number of carbonyl (C=O) groups excluding carboxylic acids is 12. The van der Waals surface area contributed by atoms with Gasteiger partial charge >= 0.3 is 78.5 Å². The number of hydrogen-bond donors (Lipinski definition) is 13. The number of amides is 10. The van der Waals surface area contributed by atoms with Gasteiger partial charge in [-0.15, -0.1) is 23.5 Å². The van der Waals surface area contributed by atoms with Crippen LogP contribution in [0.15, 0.2) is 131 Å². The highest BCUT2D eigenvalue weighted by molar-refractivity contribution is 7.98. The molecule has 13 N–H and O–H groups in total. The fraction of sp³-hybridized carbons (Fsp3) is 0.526. The number of esters is 2. The molecule has 0 heterocycles. The molecule has 0 radical (unpaired) electrons. The van der Waals surface area contributed by atoms with Crippen molar-refractivity contribution in [2.45, 2.75) is 284 Å². The van der Waals surface area contributed by atoms with Crippen LogP contribution >= 0.6 is 23.5 Å². The molecule has 756 valence electrons. The summed E-state index contributed by atoms with van der Waals surface area (Å²) in [5, 5.41) is 52.0.